The van der Waals surface area contributed by atoms with Crippen LogP contribution in [0.5, 0.6) is 0 Å². The van der Waals surface area contributed by atoms with Crippen LogP contribution in [0.15, 0.2) is 9.98 Å². The molecule has 1 aromatic rings. The minimum Gasteiger partial charge on any atom is -0.481 e. The number of nitrogens with zero attached hydrogens (tertiary/aromatic N) is 1. The predicted octanol–water partition coefficient (Wildman–Crippen LogP) is 2.67. The average Bonchev–Trinajstić information content (AvgIpc) is 2.50. The van der Waals surface area contributed by atoms with Crippen molar-refractivity contribution in [2.24, 2.45) is 11.8 Å². The van der Waals surface area contributed by atoms with Crippen LogP contribution in [0.3, 0.4) is 0 Å². The summed E-state index contributed by atoms with van der Waals surface area (Å²) in [6, 6.07) is 0. The predicted molar refractivity (Wildman–Crippen MR) is 64.3 cm³/mol. The monoisotopic (exact) mass is 292 g/mol. The smallest absolute Gasteiger partial charge is 0.308 e. The first kappa shape index (κ1) is 12.4. The molecule has 6 heteroatoms. The lowest BCUT2D eigenvalue weighted by atomic mass is 9.96. The number of thiazole rings is 1. The standard InChI is InChI=1S/C9H13BrN2O2S/c1-5(2)6(8(13)14)3-11-9-12-7(10)4-15-9/h4-6H,3H2,1-2H3,(H,11,12)(H,13,14). The lowest BCUT2D eigenvalue weighted by Crippen LogP contribution is -2.27. The number of halogens is 1. The molecule has 0 bridgehead atoms. The minimum absolute atomic E-state index is 0.110. The fraction of sp³-hybridized carbons (Fsp3) is 0.556. The molecule has 1 rings (SSSR count). The van der Waals surface area contributed by atoms with Crippen molar-refractivity contribution >= 4 is 38.4 Å². The van der Waals surface area contributed by atoms with E-state index in [4.69, 9.17) is 5.11 Å². The zero-order chi connectivity index (χ0) is 11.4. The molecule has 0 spiro atoms. The summed E-state index contributed by atoms with van der Waals surface area (Å²) in [5.74, 6) is -1.04. The first-order chi connectivity index (χ1) is 7.00. The number of nitrogens with one attached hydrogen (secondary N) is 1. The number of rotatable bonds is 5. The Morgan fingerprint density at radius 2 is 2.40 bits per heavy atom. The van der Waals surface area contributed by atoms with Gasteiger partial charge in [0, 0.05) is 11.9 Å². The van der Waals surface area contributed by atoms with Gasteiger partial charge in [0.05, 0.1) is 5.92 Å². The van der Waals surface area contributed by atoms with Gasteiger partial charge in [-0.2, -0.15) is 0 Å². The Balaban J connectivity index is 2.50. The fourth-order valence-electron chi connectivity index (χ4n) is 1.14. The molecule has 0 saturated heterocycles. The zero-order valence-electron chi connectivity index (χ0n) is 8.53. The maximum Gasteiger partial charge on any atom is 0.308 e. The van der Waals surface area contributed by atoms with Crippen LogP contribution in [0.4, 0.5) is 5.13 Å². The molecule has 0 saturated carbocycles. The summed E-state index contributed by atoms with van der Waals surface area (Å²) in [7, 11) is 0. The third-order valence-corrected chi connectivity index (χ3v) is 3.58. The first-order valence-electron chi connectivity index (χ1n) is 4.58. The summed E-state index contributed by atoms with van der Waals surface area (Å²) >= 11 is 4.69. The van der Waals surface area contributed by atoms with E-state index in [-0.39, 0.29) is 11.8 Å². The molecule has 0 aliphatic carbocycles. The molecule has 4 nitrogen and oxygen atoms in total. The highest BCUT2D eigenvalue weighted by atomic mass is 79.9. The van der Waals surface area contributed by atoms with Crippen molar-refractivity contribution in [2.75, 3.05) is 11.9 Å². The van der Waals surface area contributed by atoms with Crippen molar-refractivity contribution in [1.29, 1.82) is 0 Å². The zero-order valence-corrected chi connectivity index (χ0v) is 10.9. The molecule has 2 N–H and O–H groups in total. The number of hydrogen-bond donors (Lipinski definition) is 2. The Kier molecular flexibility index (Phi) is 4.53. The van der Waals surface area contributed by atoms with Gasteiger partial charge < -0.3 is 10.4 Å². The molecule has 84 valence electrons. The molecular formula is C9H13BrN2O2S. The maximum atomic E-state index is 10.9. The second-order valence-electron chi connectivity index (χ2n) is 3.55. The Labute approximate surface area is 101 Å². The van der Waals surface area contributed by atoms with Gasteiger partial charge in [0.15, 0.2) is 5.13 Å². The molecule has 0 fully saturated rings. The van der Waals surface area contributed by atoms with Crippen molar-refractivity contribution in [3.63, 3.8) is 0 Å². The van der Waals surface area contributed by atoms with Crippen molar-refractivity contribution in [2.45, 2.75) is 13.8 Å². The molecule has 0 aliphatic heterocycles. The third kappa shape index (κ3) is 3.79. The Hall–Kier alpha value is -0.620. The normalized spacial score (nSPS) is 12.8. The number of hydrogen-bond acceptors (Lipinski definition) is 4. The van der Waals surface area contributed by atoms with Gasteiger partial charge in [-0.15, -0.1) is 11.3 Å². The molecule has 0 aliphatic rings. The fourth-order valence-corrected chi connectivity index (χ4v) is 2.30. The topological polar surface area (TPSA) is 62.2 Å². The number of aromatic nitrogens is 1. The van der Waals surface area contributed by atoms with Gasteiger partial charge in [0.2, 0.25) is 0 Å². The van der Waals surface area contributed by atoms with Gasteiger partial charge in [0.1, 0.15) is 4.60 Å². The Morgan fingerprint density at radius 1 is 1.73 bits per heavy atom. The average molecular weight is 293 g/mol. The maximum absolute atomic E-state index is 10.9. The molecule has 0 radical (unpaired) electrons. The van der Waals surface area contributed by atoms with Crippen LogP contribution >= 0.6 is 27.3 Å². The van der Waals surface area contributed by atoms with E-state index >= 15 is 0 Å². The summed E-state index contributed by atoms with van der Waals surface area (Å²) in [5, 5.41) is 14.6. The molecule has 0 amide bonds. The molecule has 15 heavy (non-hydrogen) atoms. The van der Waals surface area contributed by atoms with E-state index in [1.54, 1.807) is 0 Å². The Bertz CT molecular complexity index is 341. The van der Waals surface area contributed by atoms with Crippen molar-refractivity contribution in [3.05, 3.63) is 9.98 Å². The van der Waals surface area contributed by atoms with Crippen LogP contribution in [0, 0.1) is 11.8 Å². The van der Waals surface area contributed by atoms with E-state index in [1.165, 1.54) is 11.3 Å². The number of aliphatic carboxylic acids is 1. The van der Waals surface area contributed by atoms with Crippen molar-refractivity contribution < 1.29 is 9.90 Å². The number of carbonyl (C=O) groups is 1. The van der Waals surface area contributed by atoms with Crippen LogP contribution in [-0.2, 0) is 4.79 Å². The van der Waals surface area contributed by atoms with E-state index in [0.717, 1.165) is 9.73 Å². The van der Waals surface area contributed by atoms with Crippen molar-refractivity contribution in [3.8, 4) is 0 Å². The molecule has 1 aromatic heterocycles. The highest BCUT2D eigenvalue weighted by Crippen LogP contribution is 2.20. The second kappa shape index (κ2) is 5.46. The summed E-state index contributed by atoms with van der Waals surface area (Å²) in [6.45, 7) is 4.21. The molecule has 1 atom stereocenters. The second-order valence-corrected chi connectivity index (χ2v) is 5.22. The number of carboxylic acid groups (broad SMARTS) is 1. The van der Waals surface area contributed by atoms with Gasteiger partial charge in [-0.1, -0.05) is 13.8 Å². The van der Waals surface area contributed by atoms with Gasteiger partial charge in [-0.05, 0) is 21.8 Å². The number of anilines is 1. The molecule has 0 aromatic carbocycles. The van der Waals surface area contributed by atoms with E-state index in [2.05, 4.69) is 26.2 Å². The van der Waals surface area contributed by atoms with Crippen LogP contribution in [-0.4, -0.2) is 22.6 Å². The van der Waals surface area contributed by atoms with E-state index in [0.29, 0.717) is 6.54 Å². The van der Waals surface area contributed by atoms with E-state index in [1.807, 2.05) is 19.2 Å². The molecule has 1 heterocycles. The highest BCUT2D eigenvalue weighted by Gasteiger charge is 2.21. The SMILES string of the molecule is CC(C)C(CNc1nc(Br)cs1)C(=O)O. The van der Waals surface area contributed by atoms with Gasteiger partial charge >= 0.3 is 5.97 Å². The van der Waals surface area contributed by atoms with Crippen LogP contribution in [0.2, 0.25) is 0 Å². The van der Waals surface area contributed by atoms with Gasteiger partial charge in [0.25, 0.3) is 0 Å². The summed E-state index contributed by atoms with van der Waals surface area (Å²) in [4.78, 5) is 15.0. The lowest BCUT2D eigenvalue weighted by molar-refractivity contribution is -0.142. The summed E-state index contributed by atoms with van der Waals surface area (Å²) in [6.07, 6.45) is 0. The lowest BCUT2D eigenvalue weighted by Gasteiger charge is -2.15. The van der Waals surface area contributed by atoms with Gasteiger partial charge in [-0.3, -0.25) is 4.79 Å². The number of carboxylic acids is 1. The molecular weight excluding hydrogens is 280 g/mol. The quantitative estimate of drug-likeness (QED) is 0.876. The van der Waals surface area contributed by atoms with Crippen LogP contribution in [0.25, 0.3) is 0 Å². The first-order valence-corrected chi connectivity index (χ1v) is 6.25. The van der Waals surface area contributed by atoms with E-state index in [9.17, 15) is 4.79 Å². The minimum atomic E-state index is -0.770. The van der Waals surface area contributed by atoms with Crippen molar-refractivity contribution in [1.82, 2.24) is 4.98 Å². The largest absolute Gasteiger partial charge is 0.481 e. The Morgan fingerprint density at radius 3 is 2.80 bits per heavy atom. The highest BCUT2D eigenvalue weighted by molar-refractivity contribution is 9.10. The van der Waals surface area contributed by atoms with E-state index < -0.39 is 5.97 Å². The summed E-state index contributed by atoms with van der Waals surface area (Å²) < 4.78 is 0.770. The van der Waals surface area contributed by atoms with Gasteiger partial charge in [-0.25, -0.2) is 4.98 Å². The molecule has 1 unspecified atom stereocenters. The third-order valence-electron chi connectivity index (χ3n) is 2.07. The van der Waals surface area contributed by atoms with Crippen LogP contribution in [0.1, 0.15) is 13.8 Å². The van der Waals surface area contributed by atoms with Crippen LogP contribution < -0.4 is 5.32 Å². The summed E-state index contributed by atoms with van der Waals surface area (Å²) in [5.41, 5.74) is 0.